The predicted octanol–water partition coefficient (Wildman–Crippen LogP) is 14.3. The van der Waals surface area contributed by atoms with Crippen molar-refractivity contribution in [1.29, 1.82) is 0 Å². The van der Waals surface area contributed by atoms with E-state index in [2.05, 4.69) is 140 Å². The number of hydrogen-bond donors (Lipinski definition) is 0. The van der Waals surface area contributed by atoms with Crippen LogP contribution in [0, 0.1) is 6.92 Å². The molecular formula is C51H25BS4. The van der Waals surface area contributed by atoms with Gasteiger partial charge in [-0.05, 0) is 81.9 Å². The largest absolute Gasteiger partial charge is 0.244 e. The summed E-state index contributed by atoms with van der Waals surface area (Å²) in [6.07, 6.45) is 0. The van der Waals surface area contributed by atoms with Crippen LogP contribution in [0.3, 0.4) is 0 Å². The Morgan fingerprint density at radius 1 is 0.339 bits per heavy atom. The second-order valence-corrected chi connectivity index (χ2v) is 20.1. The van der Waals surface area contributed by atoms with Gasteiger partial charge < -0.3 is 0 Å². The first-order valence-corrected chi connectivity index (χ1v) is 22.5. The summed E-state index contributed by atoms with van der Waals surface area (Å²) in [6, 6.07) is 51.7. The summed E-state index contributed by atoms with van der Waals surface area (Å²) in [7, 11) is 0. The van der Waals surface area contributed by atoms with E-state index in [1.807, 2.05) is 45.3 Å². The Morgan fingerprint density at radius 2 is 0.679 bits per heavy atom. The maximum absolute atomic E-state index is 2.63. The molecule has 0 N–H and O–H groups in total. The lowest BCUT2D eigenvalue weighted by Gasteiger charge is -2.35. The van der Waals surface area contributed by atoms with Gasteiger partial charge in [0.2, 0.25) is 6.71 Å². The first kappa shape index (κ1) is 29.7. The summed E-state index contributed by atoms with van der Waals surface area (Å²) in [5, 5.41) is 16.8. The molecule has 0 saturated carbocycles. The molecule has 2 aliphatic rings. The highest BCUT2D eigenvalue weighted by Gasteiger charge is 2.41. The van der Waals surface area contributed by atoms with Crippen LogP contribution < -0.4 is 16.4 Å². The minimum Gasteiger partial charge on any atom is -0.134 e. The van der Waals surface area contributed by atoms with Crippen molar-refractivity contribution in [3.63, 3.8) is 0 Å². The van der Waals surface area contributed by atoms with Gasteiger partial charge >= 0.3 is 0 Å². The molecule has 6 heterocycles. The number of hydrogen-bond acceptors (Lipinski definition) is 4. The van der Waals surface area contributed by atoms with Crippen LogP contribution in [0.5, 0.6) is 0 Å². The molecule has 0 unspecified atom stereocenters. The Hall–Kier alpha value is -5.56. The highest BCUT2D eigenvalue weighted by atomic mass is 32.1. The molecule has 9 aromatic carbocycles. The van der Waals surface area contributed by atoms with Crippen LogP contribution in [0.1, 0.15) is 5.56 Å². The van der Waals surface area contributed by atoms with Crippen molar-refractivity contribution >= 4 is 171 Å². The van der Waals surface area contributed by atoms with Crippen LogP contribution in [0.4, 0.5) is 0 Å². The van der Waals surface area contributed by atoms with E-state index in [4.69, 9.17) is 0 Å². The third-order valence-corrected chi connectivity index (χ3v) is 17.9. The Morgan fingerprint density at radius 3 is 1.05 bits per heavy atom. The zero-order chi connectivity index (χ0) is 36.1. The second-order valence-electron chi connectivity index (χ2n) is 15.9. The van der Waals surface area contributed by atoms with Gasteiger partial charge in [0.05, 0.1) is 0 Å². The topological polar surface area (TPSA) is 0 Å². The number of benzene rings is 9. The Bertz CT molecular complexity index is 3740. The van der Waals surface area contributed by atoms with E-state index in [1.165, 1.54) is 146 Å². The molecule has 0 fully saturated rings. The molecule has 56 heavy (non-hydrogen) atoms. The van der Waals surface area contributed by atoms with Gasteiger partial charge in [0.1, 0.15) is 0 Å². The fourth-order valence-corrected chi connectivity index (χ4v) is 16.0. The van der Waals surface area contributed by atoms with Crippen molar-refractivity contribution < 1.29 is 0 Å². The van der Waals surface area contributed by atoms with Crippen LogP contribution >= 0.6 is 45.3 Å². The Balaban J connectivity index is 1.23. The van der Waals surface area contributed by atoms with Gasteiger partial charge in [-0.15, -0.1) is 45.3 Å². The minimum absolute atomic E-state index is 0.107. The molecular weight excluding hydrogens is 752 g/mol. The van der Waals surface area contributed by atoms with E-state index < -0.39 is 0 Å². The SMILES string of the molecule is Cc1cc2c3c(c1)-c1cc4c5ccccc5sc4c4c1c(cc1c5ccccc5sc14)B3c1cc3c4ccccc4sc3c3c1c-2cc1c2ccccc2sc13. The summed E-state index contributed by atoms with van der Waals surface area (Å²) in [4.78, 5) is 0. The third-order valence-electron chi connectivity index (χ3n) is 13.1. The lowest BCUT2D eigenvalue weighted by molar-refractivity contribution is 1.48. The van der Waals surface area contributed by atoms with Crippen molar-refractivity contribution in [2.45, 2.75) is 6.92 Å². The summed E-state index contributed by atoms with van der Waals surface area (Å²) in [5.41, 5.74) is 11.3. The highest BCUT2D eigenvalue weighted by molar-refractivity contribution is 7.30. The van der Waals surface area contributed by atoms with Crippen molar-refractivity contribution in [3.8, 4) is 22.3 Å². The summed E-state index contributed by atoms with van der Waals surface area (Å²) >= 11 is 7.91. The average molecular weight is 777 g/mol. The molecule has 4 aromatic heterocycles. The predicted molar refractivity (Wildman–Crippen MR) is 253 cm³/mol. The maximum atomic E-state index is 2.63. The normalized spacial score (nSPS) is 13.4. The van der Waals surface area contributed by atoms with Gasteiger partial charge in [0, 0.05) is 91.5 Å². The molecule has 0 amide bonds. The molecule has 5 heteroatoms. The van der Waals surface area contributed by atoms with Crippen molar-refractivity contribution in [1.82, 2.24) is 0 Å². The maximum Gasteiger partial charge on any atom is 0.244 e. The van der Waals surface area contributed by atoms with Gasteiger partial charge in [-0.2, -0.15) is 0 Å². The standard InChI is InChI=1S/C51H25BS4/c1-24-18-31-29-20-33-25-10-2-6-14-39(25)53-48(33)45-43(29)37(22-35-27-12-4-8-16-41(27)55-50(35)45)52-38-23-36-28-13-5-9-17-42(28)56-51(36)46-44(38)30(32(19-24)47(31)52)21-34-26-11-3-7-15-40(26)54-49(34)46/h2-23H,1H3. The molecule has 2 aliphatic heterocycles. The molecule has 15 rings (SSSR count). The van der Waals surface area contributed by atoms with Crippen LogP contribution in [0.15, 0.2) is 133 Å². The number of rotatable bonds is 0. The smallest absolute Gasteiger partial charge is 0.134 e. The summed E-state index contributed by atoms with van der Waals surface area (Å²) in [5.74, 6) is 0. The van der Waals surface area contributed by atoms with Crippen LogP contribution in [0.25, 0.3) is 124 Å². The molecule has 13 aromatic rings. The molecule has 0 radical (unpaired) electrons. The van der Waals surface area contributed by atoms with E-state index >= 15 is 0 Å². The van der Waals surface area contributed by atoms with E-state index in [-0.39, 0.29) is 6.71 Å². The van der Waals surface area contributed by atoms with Gasteiger partial charge in [0.25, 0.3) is 0 Å². The molecule has 256 valence electrons. The average Bonchev–Trinajstić information content (AvgIpc) is 4.00. The summed E-state index contributed by atoms with van der Waals surface area (Å²) in [6.45, 7) is 2.42. The first-order valence-electron chi connectivity index (χ1n) is 19.3. The number of thiophene rings is 4. The van der Waals surface area contributed by atoms with Crippen molar-refractivity contribution in [2.75, 3.05) is 0 Å². The quantitative estimate of drug-likeness (QED) is 0.135. The van der Waals surface area contributed by atoms with Crippen LogP contribution in [-0.2, 0) is 0 Å². The molecule has 0 saturated heterocycles. The van der Waals surface area contributed by atoms with E-state index in [0.717, 1.165) is 0 Å². The van der Waals surface area contributed by atoms with Crippen LogP contribution in [0.2, 0.25) is 0 Å². The van der Waals surface area contributed by atoms with E-state index in [0.29, 0.717) is 0 Å². The Labute approximate surface area is 336 Å². The molecule has 0 aliphatic carbocycles. The fourth-order valence-electron chi connectivity index (χ4n) is 10.9. The lowest BCUT2D eigenvalue weighted by atomic mass is 9.31. The zero-order valence-corrected chi connectivity index (χ0v) is 33.2. The lowest BCUT2D eigenvalue weighted by Crippen LogP contribution is -2.57. The highest BCUT2D eigenvalue weighted by Crippen LogP contribution is 2.52. The summed E-state index contributed by atoms with van der Waals surface area (Å²) < 4.78 is 11.1. The first-order chi connectivity index (χ1) is 27.7. The van der Waals surface area contributed by atoms with Gasteiger partial charge in [-0.1, -0.05) is 113 Å². The molecule has 0 spiro atoms. The number of aryl methyl sites for hydroxylation is 1. The van der Waals surface area contributed by atoms with Crippen LogP contribution in [-0.4, -0.2) is 6.71 Å². The Kier molecular flexibility index (Phi) is 5.33. The molecule has 0 atom stereocenters. The molecule has 0 bridgehead atoms. The van der Waals surface area contributed by atoms with E-state index in [1.54, 1.807) is 0 Å². The van der Waals surface area contributed by atoms with Gasteiger partial charge in [-0.3, -0.25) is 0 Å². The van der Waals surface area contributed by atoms with Crippen molar-refractivity contribution in [3.05, 3.63) is 139 Å². The van der Waals surface area contributed by atoms with Gasteiger partial charge in [0.15, 0.2) is 0 Å². The zero-order valence-electron chi connectivity index (χ0n) is 29.9. The minimum atomic E-state index is 0.107. The third kappa shape index (κ3) is 3.42. The monoisotopic (exact) mass is 776 g/mol. The molecule has 0 nitrogen and oxygen atoms in total. The fraction of sp³-hybridized carbons (Fsp3) is 0.0196. The number of fused-ring (bicyclic) bond motifs is 20. The van der Waals surface area contributed by atoms with E-state index in [9.17, 15) is 0 Å². The van der Waals surface area contributed by atoms with Gasteiger partial charge in [-0.25, -0.2) is 0 Å². The van der Waals surface area contributed by atoms with Crippen molar-refractivity contribution in [2.24, 2.45) is 0 Å². The second kappa shape index (κ2) is 10.1.